The zero-order chi connectivity index (χ0) is 22.7. The third kappa shape index (κ3) is 4.37. The van der Waals surface area contributed by atoms with Crippen molar-refractivity contribution in [2.45, 2.75) is 39.2 Å². The van der Waals surface area contributed by atoms with Gasteiger partial charge in [-0.15, -0.1) is 4.73 Å². The van der Waals surface area contributed by atoms with E-state index in [-0.39, 0.29) is 36.6 Å². The second-order valence-electron chi connectivity index (χ2n) is 8.32. The molecule has 7 heteroatoms. The SMILES string of the molecule is COc1c(CC2C(=O)Nc3ccccc32)nc(OCc2ccccc2)c(CC(C)C)[n+]1[O-]. The number of fused-ring (bicyclic) bond motifs is 1. The molecule has 1 aliphatic heterocycles. The van der Waals surface area contributed by atoms with Gasteiger partial charge in [-0.25, -0.2) is 4.98 Å². The predicted octanol–water partition coefficient (Wildman–Crippen LogP) is 3.78. The van der Waals surface area contributed by atoms with Gasteiger partial charge in [0.15, 0.2) is 5.69 Å². The molecule has 1 atom stereocenters. The number of amides is 1. The average Bonchev–Trinajstić information content (AvgIpc) is 3.10. The lowest BCUT2D eigenvalue weighted by molar-refractivity contribution is -0.622. The lowest BCUT2D eigenvalue weighted by Crippen LogP contribution is -2.37. The molecule has 0 radical (unpaired) electrons. The van der Waals surface area contributed by atoms with Crippen LogP contribution in [0.3, 0.4) is 0 Å². The summed E-state index contributed by atoms with van der Waals surface area (Å²) in [4.78, 5) is 17.3. The molecule has 1 unspecified atom stereocenters. The molecular formula is C25H27N3O4. The summed E-state index contributed by atoms with van der Waals surface area (Å²) < 4.78 is 12.2. The van der Waals surface area contributed by atoms with Crippen LogP contribution in [-0.2, 0) is 24.2 Å². The van der Waals surface area contributed by atoms with Gasteiger partial charge in [0.1, 0.15) is 6.61 Å². The molecule has 0 saturated carbocycles. The van der Waals surface area contributed by atoms with E-state index in [2.05, 4.69) is 5.32 Å². The molecule has 1 amide bonds. The maximum absolute atomic E-state index is 13.3. The molecule has 0 saturated heterocycles. The first kappa shape index (κ1) is 21.6. The Kier molecular flexibility index (Phi) is 6.25. The van der Waals surface area contributed by atoms with Gasteiger partial charge in [0.2, 0.25) is 5.91 Å². The molecule has 0 spiro atoms. The maximum atomic E-state index is 13.3. The van der Waals surface area contributed by atoms with Gasteiger partial charge in [0.25, 0.3) is 11.6 Å². The van der Waals surface area contributed by atoms with Crippen LogP contribution in [0.2, 0.25) is 0 Å². The highest BCUT2D eigenvalue weighted by Crippen LogP contribution is 2.36. The van der Waals surface area contributed by atoms with Gasteiger partial charge < -0.3 is 20.0 Å². The van der Waals surface area contributed by atoms with Gasteiger partial charge in [-0.3, -0.25) is 4.79 Å². The second kappa shape index (κ2) is 9.26. The summed E-state index contributed by atoms with van der Waals surface area (Å²) in [6.45, 7) is 4.35. The van der Waals surface area contributed by atoms with Crippen LogP contribution in [0.25, 0.3) is 0 Å². The Morgan fingerprint density at radius 2 is 1.84 bits per heavy atom. The van der Waals surface area contributed by atoms with Crippen LogP contribution in [-0.4, -0.2) is 18.0 Å². The van der Waals surface area contributed by atoms with E-state index in [0.717, 1.165) is 21.5 Å². The average molecular weight is 434 g/mol. The molecule has 2 heterocycles. The summed E-state index contributed by atoms with van der Waals surface area (Å²) in [7, 11) is 1.45. The highest BCUT2D eigenvalue weighted by Gasteiger charge is 2.35. The summed E-state index contributed by atoms with van der Waals surface area (Å²) in [5, 5.41) is 16.2. The number of ether oxygens (including phenoxy) is 2. The topological polar surface area (TPSA) is 87.4 Å². The minimum absolute atomic E-state index is 0.102. The molecular weight excluding hydrogens is 406 g/mol. The predicted molar refractivity (Wildman–Crippen MR) is 121 cm³/mol. The van der Waals surface area contributed by atoms with Crippen molar-refractivity contribution in [2.75, 3.05) is 12.4 Å². The van der Waals surface area contributed by atoms with E-state index >= 15 is 0 Å². The van der Waals surface area contributed by atoms with Crippen LogP contribution in [0.5, 0.6) is 11.8 Å². The number of hydrogen-bond donors (Lipinski definition) is 1. The smallest absolute Gasteiger partial charge is 0.401 e. The first-order chi connectivity index (χ1) is 15.5. The van der Waals surface area contributed by atoms with E-state index in [4.69, 9.17) is 14.5 Å². The number of benzene rings is 2. The highest BCUT2D eigenvalue weighted by molar-refractivity contribution is 6.03. The van der Waals surface area contributed by atoms with Crippen LogP contribution in [0.4, 0.5) is 5.69 Å². The Bertz CT molecular complexity index is 1120. The van der Waals surface area contributed by atoms with E-state index in [0.29, 0.717) is 17.8 Å². The molecule has 2 aromatic carbocycles. The number of nitrogens with one attached hydrogen (secondary N) is 1. The molecule has 32 heavy (non-hydrogen) atoms. The summed E-state index contributed by atoms with van der Waals surface area (Å²) >= 11 is 0. The molecule has 166 valence electrons. The third-order valence-corrected chi connectivity index (χ3v) is 5.48. The number of carbonyl (C=O) groups excluding carboxylic acids is 1. The number of nitrogens with zero attached hydrogens (tertiary/aromatic N) is 2. The van der Waals surface area contributed by atoms with Crippen LogP contribution in [0, 0.1) is 11.1 Å². The van der Waals surface area contributed by atoms with E-state index in [1.165, 1.54) is 7.11 Å². The fraction of sp³-hybridized carbons (Fsp3) is 0.320. The quantitative estimate of drug-likeness (QED) is 0.432. The molecule has 7 nitrogen and oxygen atoms in total. The van der Waals surface area contributed by atoms with E-state index in [1.54, 1.807) is 0 Å². The van der Waals surface area contributed by atoms with Crippen LogP contribution in [0.1, 0.15) is 42.3 Å². The van der Waals surface area contributed by atoms with Crippen molar-refractivity contribution in [3.63, 3.8) is 0 Å². The van der Waals surface area contributed by atoms with Crippen molar-refractivity contribution in [3.8, 4) is 11.8 Å². The Morgan fingerprint density at radius 3 is 2.56 bits per heavy atom. The molecule has 1 aliphatic rings. The van der Waals surface area contributed by atoms with Gasteiger partial charge in [0.05, 0.1) is 13.0 Å². The first-order valence-corrected chi connectivity index (χ1v) is 10.7. The third-order valence-electron chi connectivity index (χ3n) is 5.48. The monoisotopic (exact) mass is 433 g/mol. The van der Waals surface area contributed by atoms with E-state index < -0.39 is 5.92 Å². The molecule has 0 bridgehead atoms. The number of carbonyl (C=O) groups is 1. The molecule has 1 aromatic heterocycles. The molecule has 0 aliphatic carbocycles. The van der Waals surface area contributed by atoms with Crippen LogP contribution in [0.15, 0.2) is 54.6 Å². The Labute approximate surface area is 187 Å². The highest BCUT2D eigenvalue weighted by atomic mass is 16.5. The molecule has 0 fully saturated rings. The van der Waals surface area contributed by atoms with Crippen molar-refractivity contribution in [2.24, 2.45) is 5.92 Å². The number of para-hydroxylation sites is 1. The fourth-order valence-electron chi connectivity index (χ4n) is 3.97. The van der Waals surface area contributed by atoms with Crippen molar-refractivity contribution >= 4 is 11.6 Å². The largest absolute Gasteiger partial charge is 0.616 e. The Morgan fingerprint density at radius 1 is 1.12 bits per heavy atom. The minimum Gasteiger partial charge on any atom is -0.616 e. The van der Waals surface area contributed by atoms with Crippen LogP contribution >= 0.6 is 0 Å². The Balaban J connectivity index is 1.71. The number of anilines is 1. The fourth-order valence-corrected chi connectivity index (χ4v) is 3.97. The van der Waals surface area contributed by atoms with Crippen molar-refractivity contribution < 1.29 is 19.0 Å². The zero-order valence-corrected chi connectivity index (χ0v) is 18.5. The summed E-state index contributed by atoms with van der Waals surface area (Å²) in [6.07, 6.45) is 0.724. The van der Waals surface area contributed by atoms with E-state index in [9.17, 15) is 10.0 Å². The van der Waals surface area contributed by atoms with Gasteiger partial charge in [0, 0.05) is 18.5 Å². The number of hydrogen-bond acceptors (Lipinski definition) is 5. The minimum atomic E-state index is -0.453. The standard InChI is InChI=1S/C25H27N3O4/c1-16(2)13-22-24(32-15-17-9-5-4-6-10-17)27-21(25(31-3)28(22)30)14-19-18-11-7-8-12-20(18)26-23(19)29/h4-12,16,19H,13-15H2,1-3H3,(H,26,29). The summed E-state index contributed by atoms with van der Waals surface area (Å²) in [5.41, 5.74) is 3.47. The first-order valence-electron chi connectivity index (χ1n) is 10.7. The van der Waals surface area contributed by atoms with Gasteiger partial charge in [-0.05, 0) is 23.1 Å². The summed E-state index contributed by atoms with van der Waals surface area (Å²) in [6, 6.07) is 17.3. The van der Waals surface area contributed by atoms with Gasteiger partial charge in [-0.1, -0.05) is 62.4 Å². The Hall–Kier alpha value is -3.61. The van der Waals surface area contributed by atoms with Gasteiger partial charge >= 0.3 is 5.88 Å². The van der Waals surface area contributed by atoms with Crippen LogP contribution < -0.4 is 19.5 Å². The van der Waals surface area contributed by atoms with Crippen molar-refractivity contribution in [1.82, 2.24) is 4.98 Å². The van der Waals surface area contributed by atoms with Crippen molar-refractivity contribution in [3.05, 3.63) is 82.3 Å². The second-order valence-corrected chi connectivity index (χ2v) is 8.32. The zero-order valence-electron chi connectivity index (χ0n) is 18.5. The maximum Gasteiger partial charge on any atom is 0.401 e. The van der Waals surface area contributed by atoms with Crippen molar-refractivity contribution in [1.29, 1.82) is 0 Å². The lowest BCUT2D eigenvalue weighted by Gasteiger charge is -2.17. The molecule has 4 rings (SSSR count). The molecule has 1 N–H and O–H groups in total. The number of rotatable bonds is 8. The summed E-state index contributed by atoms with van der Waals surface area (Å²) in [5.74, 6) is 0.0279. The normalized spacial score (nSPS) is 14.9. The molecule has 3 aromatic rings. The lowest BCUT2D eigenvalue weighted by atomic mass is 9.95. The number of methoxy groups -OCH3 is 1. The van der Waals surface area contributed by atoms with Gasteiger partial charge in [-0.2, -0.15) is 0 Å². The number of aromatic nitrogens is 2. The van der Waals surface area contributed by atoms with E-state index in [1.807, 2.05) is 68.4 Å².